The van der Waals surface area contributed by atoms with Crippen LogP contribution in [0.1, 0.15) is 19.4 Å². The number of methoxy groups -OCH3 is 2. The van der Waals surface area contributed by atoms with E-state index in [1.165, 1.54) is 0 Å². The van der Waals surface area contributed by atoms with Gasteiger partial charge in [-0.2, -0.15) is 0 Å². The Hall–Kier alpha value is -0.930. The summed E-state index contributed by atoms with van der Waals surface area (Å²) >= 11 is 6.28. The number of ether oxygens (including phenoxy) is 2. The predicted molar refractivity (Wildman–Crippen MR) is 71.4 cm³/mol. The Morgan fingerprint density at radius 2 is 1.94 bits per heavy atom. The van der Waals surface area contributed by atoms with Gasteiger partial charge in [0.1, 0.15) is 0 Å². The summed E-state index contributed by atoms with van der Waals surface area (Å²) in [7, 11) is 3.20. The number of halogens is 1. The van der Waals surface area contributed by atoms with Crippen LogP contribution >= 0.6 is 11.6 Å². The Bertz CT molecular complexity index is 367. The zero-order valence-electron chi connectivity index (χ0n) is 10.8. The molecular weight excluding hydrogens is 238 g/mol. The van der Waals surface area contributed by atoms with Gasteiger partial charge in [0.05, 0.1) is 19.2 Å². The van der Waals surface area contributed by atoms with E-state index >= 15 is 0 Å². The largest absolute Gasteiger partial charge is 0.493 e. The van der Waals surface area contributed by atoms with Gasteiger partial charge < -0.3 is 14.8 Å². The Labute approximate surface area is 108 Å². The molecule has 0 aromatic heterocycles. The second-order valence-corrected chi connectivity index (χ2v) is 4.51. The molecule has 1 rings (SSSR count). The molecule has 0 saturated heterocycles. The van der Waals surface area contributed by atoms with Gasteiger partial charge in [-0.15, -0.1) is 0 Å². The maximum Gasteiger partial charge on any atom is 0.179 e. The van der Waals surface area contributed by atoms with Crippen molar-refractivity contribution < 1.29 is 9.47 Å². The van der Waals surface area contributed by atoms with E-state index in [1.54, 1.807) is 14.2 Å². The molecule has 0 heterocycles. The molecule has 1 aromatic carbocycles. The van der Waals surface area contributed by atoms with Crippen LogP contribution < -0.4 is 14.8 Å². The third-order valence-electron chi connectivity index (χ3n) is 2.51. The molecule has 0 aliphatic heterocycles. The maximum absolute atomic E-state index is 6.28. The van der Waals surface area contributed by atoms with Crippen molar-refractivity contribution in [3.05, 3.63) is 22.7 Å². The van der Waals surface area contributed by atoms with Gasteiger partial charge in [0.15, 0.2) is 11.5 Å². The normalized spacial score (nSPS) is 10.7. The fourth-order valence-corrected chi connectivity index (χ4v) is 1.95. The highest BCUT2D eigenvalue weighted by atomic mass is 35.5. The predicted octanol–water partition coefficient (Wildman–Crippen LogP) is 2.90. The highest BCUT2D eigenvalue weighted by Crippen LogP contribution is 2.37. The van der Waals surface area contributed by atoms with Crippen molar-refractivity contribution in [3.8, 4) is 11.5 Å². The summed E-state index contributed by atoms with van der Waals surface area (Å²) in [6.07, 6.45) is 0.872. The molecule has 17 heavy (non-hydrogen) atoms. The molecule has 96 valence electrons. The molecule has 0 fully saturated rings. The standard InChI is InChI=1S/C13H20ClNO2/c1-9(2)15-8-7-10-5-6-11(16-3)13(17-4)12(10)14/h5-6,9,15H,7-8H2,1-4H3. The molecule has 0 aliphatic carbocycles. The third kappa shape index (κ3) is 3.79. The number of benzene rings is 1. The van der Waals surface area contributed by atoms with E-state index in [4.69, 9.17) is 21.1 Å². The smallest absolute Gasteiger partial charge is 0.179 e. The van der Waals surface area contributed by atoms with Crippen LogP contribution in [0, 0.1) is 0 Å². The molecule has 0 atom stereocenters. The lowest BCUT2D eigenvalue weighted by atomic mass is 10.1. The van der Waals surface area contributed by atoms with E-state index in [1.807, 2.05) is 12.1 Å². The fraction of sp³-hybridized carbons (Fsp3) is 0.538. The van der Waals surface area contributed by atoms with Crippen molar-refractivity contribution in [2.75, 3.05) is 20.8 Å². The number of nitrogens with one attached hydrogen (secondary N) is 1. The number of hydrogen-bond donors (Lipinski definition) is 1. The van der Waals surface area contributed by atoms with Crippen molar-refractivity contribution in [3.63, 3.8) is 0 Å². The minimum atomic E-state index is 0.480. The zero-order chi connectivity index (χ0) is 12.8. The molecule has 0 spiro atoms. The average molecular weight is 258 g/mol. The molecule has 0 saturated carbocycles. The number of rotatable bonds is 6. The van der Waals surface area contributed by atoms with E-state index in [0.717, 1.165) is 18.5 Å². The first kappa shape index (κ1) is 14.1. The van der Waals surface area contributed by atoms with Crippen LogP contribution in [-0.4, -0.2) is 26.8 Å². The monoisotopic (exact) mass is 257 g/mol. The first-order valence-electron chi connectivity index (χ1n) is 5.72. The Balaban J connectivity index is 2.80. The second kappa shape index (κ2) is 6.72. The SMILES string of the molecule is COc1ccc(CCNC(C)C)c(Cl)c1OC. The highest BCUT2D eigenvalue weighted by molar-refractivity contribution is 6.33. The highest BCUT2D eigenvalue weighted by Gasteiger charge is 2.12. The van der Waals surface area contributed by atoms with E-state index in [-0.39, 0.29) is 0 Å². The van der Waals surface area contributed by atoms with Crippen LogP contribution in [-0.2, 0) is 6.42 Å². The summed E-state index contributed by atoms with van der Waals surface area (Å²) < 4.78 is 10.4. The quantitative estimate of drug-likeness (QED) is 0.850. The minimum absolute atomic E-state index is 0.480. The summed E-state index contributed by atoms with van der Waals surface area (Å²) in [6, 6.07) is 4.34. The second-order valence-electron chi connectivity index (χ2n) is 4.13. The first-order chi connectivity index (χ1) is 8.10. The van der Waals surface area contributed by atoms with Gasteiger partial charge in [-0.1, -0.05) is 31.5 Å². The third-order valence-corrected chi connectivity index (χ3v) is 2.93. The summed E-state index contributed by atoms with van der Waals surface area (Å²) in [5, 5.41) is 3.99. The van der Waals surface area contributed by atoms with Crippen LogP contribution in [0.15, 0.2) is 12.1 Å². The topological polar surface area (TPSA) is 30.5 Å². The number of hydrogen-bond acceptors (Lipinski definition) is 3. The van der Waals surface area contributed by atoms with Gasteiger partial charge in [0.25, 0.3) is 0 Å². The minimum Gasteiger partial charge on any atom is -0.493 e. The van der Waals surface area contributed by atoms with Crippen molar-refractivity contribution in [1.29, 1.82) is 0 Å². The first-order valence-corrected chi connectivity index (χ1v) is 6.10. The summed E-state index contributed by atoms with van der Waals surface area (Å²) in [5.41, 5.74) is 1.07. The Kier molecular flexibility index (Phi) is 5.59. The van der Waals surface area contributed by atoms with Gasteiger partial charge >= 0.3 is 0 Å². The molecular formula is C13H20ClNO2. The molecule has 0 aliphatic rings. The molecule has 0 unspecified atom stereocenters. The molecule has 1 N–H and O–H groups in total. The van der Waals surface area contributed by atoms with E-state index in [2.05, 4.69) is 19.2 Å². The molecule has 4 heteroatoms. The lowest BCUT2D eigenvalue weighted by Crippen LogP contribution is -2.25. The van der Waals surface area contributed by atoms with Crippen LogP contribution in [0.2, 0.25) is 5.02 Å². The lowest BCUT2D eigenvalue weighted by Gasteiger charge is -2.13. The van der Waals surface area contributed by atoms with Crippen LogP contribution in [0.4, 0.5) is 0 Å². The van der Waals surface area contributed by atoms with E-state index in [9.17, 15) is 0 Å². The molecule has 1 aromatic rings. The van der Waals surface area contributed by atoms with Crippen LogP contribution in [0.25, 0.3) is 0 Å². The summed E-state index contributed by atoms with van der Waals surface area (Å²) in [5.74, 6) is 1.27. The summed E-state index contributed by atoms with van der Waals surface area (Å²) in [6.45, 7) is 5.14. The maximum atomic E-state index is 6.28. The van der Waals surface area contributed by atoms with Crippen molar-refractivity contribution in [1.82, 2.24) is 5.32 Å². The van der Waals surface area contributed by atoms with Crippen molar-refractivity contribution in [2.45, 2.75) is 26.3 Å². The Morgan fingerprint density at radius 3 is 2.47 bits per heavy atom. The average Bonchev–Trinajstić information content (AvgIpc) is 2.30. The van der Waals surface area contributed by atoms with E-state index in [0.29, 0.717) is 22.6 Å². The zero-order valence-corrected chi connectivity index (χ0v) is 11.6. The molecule has 0 radical (unpaired) electrons. The molecule has 0 bridgehead atoms. The van der Waals surface area contributed by atoms with Gasteiger partial charge in [-0.05, 0) is 24.6 Å². The van der Waals surface area contributed by atoms with E-state index < -0.39 is 0 Å². The Morgan fingerprint density at radius 1 is 1.24 bits per heavy atom. The van der Waals surface area contributed by atoms with Gasteiger partial charge in [-0.3, -0.25) is 0 Å². The van der Waals surface area contributed by atoms with Gasteiger partial charge in [-0.25, -0.2) is 0 Å². The van der Waals surface area contributed by atoms with Gasteiger partial charge in [0.2, 0.25) is 0 Å². The van der Waals surface area contributed by atoms with Crippen molar-refractivity contribution in [2.24, 2.45) is 0 Å². The van der Waals surface area contributed by atoms with Crippen molar-refractivity contribution >= 4 is 11.6 Å². The molecule has 3 nitrogen and oxygen atoms in total. The molecule has 0 amide bonds. The fourth-order valence-electron chi connectivity index (χ4n) is 1.62. The lowest BCUT2D eigenvalue weighted by molar-refractivity contribution is 0.354. The van der Waals surface area contributed by atoms with Crippen LogP contribution in [0.5, 0.6) is 11.5 Å². The van der Waals surface area contributed by atoms with Gasteiger partial charge in [0, 0.05) is 6.04 Å². The summed E-state index contributed by atoms with van der Waals surface area (Å²) in [4.78, 5) is 0. The van der Waals surface area contributed by atoms with Crippen LogP contribution in [0.3, 0.4) is 0 Å².